The summed E-state index contributed by atoms with van der Waals surface area (Å²) in [5.41, 5.74) is 1.56. The van der Waals surface area contributed by atoms with Gasteiger partial charge in [-0.3, -0.25) is 0 Å². The third-order valence-electron chi connectivity index (χ3n) is 3.42. The van der Waals surface area contributed by atoms with Gasteiger partial charge in [0.1, 0.15) is 0 Å². The summed E-state index contributed by atoms with van der Waals surface area (Å²) in [5.74, 6) is 0.711. The predicted octanol–water partition coefficient (Wildman–Crippen LogP) is 2.86. The summed E-state index contributed by atoms with van der Waals surface area (Å²) < 4.78 is 4.72. The van der Waals surface area contributed by atoms with Crippen molar-refractivity contribution in [3.8, 4) is 0 Å². The Kier molecular flexibility index (Phi) is 3.43. The highest BCUT2D eigenvalue weighted by Gasteiger charge is 2.16. The largest absolute Gasteiger partial charge is 0.343 e. The fraction of sp³-hybridized carbons (Fsp3) is 0.538. The molecule has 0 aromatic carbocycles. The highest BCUT2D eigenvalue weighted by atomic mass is 32.1. The van der Waals surface area contributed by atoms with Gasteiger partial charge in [0, 0.05) is 15.8 Å². The van der Waals surface area contributed by atoms with Crippen LogP contribution in [0, 0.1) is 0 Å². The van der Waals surface area contributed by atoms with Crippen molar-refractivity contribution in [1.29, 1.82) is 0 Å². The molecular formula is C13H17N3OS. The van der Waals surface area contributed by atoms with Crippen molar-refractivity contribution in [2.75, 3.05) is 0 Å². The van der Waals surface area contributed by atoms with Gasteiger partial charge in [-0.25, -0.2) is 0 Å². The second-order valence-corrected chi connectivity index (χ2v) is 5.92. The molecule has 0 amide bonds. The van der Waals surface area contributed by atoms with Crippen LogP contribution in [-0.4, -0.2) is 10.1 Å². The number of aromatic nitrogens is 2. The first-order valence-electron chi connectivity index (χ1n) is 6.43. The Morgan fingerprint density at radius 2 is 2.33 bits per heavy atom. The van der Waals surface area contributed by atoms with Crippen LogP contribution in [0.3, 0.4) is 0 Å². The molecule has 2 aromatic rings. The monoisotopic (exact) mass is 263 g/mol. The van der Waals surface area contributed by atoms with E-state index in [4.69, 9.17) is 4.52 Å². The van der Waals surface area contributed by atoms with E-state index in [1.54, 1.807) is 10.4 Å². The van der Waals surface area contributed by atoms with Crippen LogP contribution in [-0.2, 0) is 19.4 Å². The molecule has 0 aliphatic heterocycles. The minimum Gasteiger partial charge on any atom is -0.343 e. The fourth-order valence-corrected chi connectivity index (χ4v) is 3.63. The van der Waals surface area contributed by atoms with Gasteiger partial charge in [-0.15, -0.1) is 11.3 Å². The maximum absolute atomic E-state index is 4.72. The first kappa shape index (κ1) is 11.9. The van der Waals surface area contributed by atoms with Crippen LogP contribution < -0.4 is 5.32 Å². The van der Waals surface area contributed by atoms with E-state index < -0.39 is 0 Å². The van der Waals surface area contributed by atoms with Gasteiger partial charge in [0.05, 0.1) is 6.54 Å². The molecule has 96 valence electrons. The number of aryl methyl sites for hydroxylation is 2. The minimum absolute atomic E-state index is 0.346. The van der Waals surface area contributed by atoms with Gasteiger partial charge in [-0.05, 0) is 44.2 Å². The summed E-state index contributed by atoms with van der Waals surface area (Å²) >= 11 is 1.95. The summed E-state index contributed by atoms with van der Waals surface area (Å²) in [6.07, 6.45) is 6.57. The minimum atomic E-state index is 0.346. The van der Waals surface area contributed by atoms with Crippen molar-refractivity contribution in [2.24, 2.45) is 0 Å². The number of thiophene rings is 1. The lowest BCUT2D eigenvalue weighted by molar-refractivity contribution is 0.405. The molecule has 0 bridgehead atoms. The predicted molar refractivity (Wildman–Crippen MR) is 70.5 cm³/mol. The summed E-state index contributed by atoms with van der Waals surface area (Å²) in [5, 5.41) is 7.24. The van der Waals surface area contributed by atoms with Gasteiger partial charge in [-0.2, -0.15) is 4.98 Å². The number of rotatable bonds is 4. The molecule has 0 fully saturated rings. The second-order valence-electron chi connectivity index (χ2n) is 4.75. The lowest BCUT2D eigenvalue weighted by atomic mass is 9.99. The van der Waals surface area contributed by atoms with Gasteiger partial charge in [0.2, 0.25) is 6.39 Å². The van der Waals surface area contributed by atoms with E-state index >= 15 is 0 Å². The van der Waals surface area contributed by atoms with Crippen molar-refractivity contribution in [3.63, 3.8) is 0 Å². The highest BCUT2D eigenvalue weighted by Crippen LogP contribution is 2.32. The van der Waals surface area contributed by atoms with Gasteiger partial charge in [-0.1, -0.05) is 5.16 Å². The molecule has 1 aliphatic carbocycles. The highest BCUT2D eigenvalue weighted by molar-refractivity contribution is 7.12. The third-order valence-corrected chi connectivity index (χ3v) is 4.84. The summed E-state index contributed by atoms with van der Waals surface area (Å²) in [6.45, 7) is 2.84. The molecule has 1 unspecified atom stereocenters. The molecule has 5 heteroatoms. The average molecular weight is 263 g/mol. The number of hydrogen-bond donors (Lipinski definition) is 1. The Hall–Kier alpha value is -1.20. The molecule has 3 rings (SSSR count). The van der Waals surface area contributed by atoms with E-state index in [9.17, 15) is 0 Å². The molecule has 4 nitrogen and oxygen atoms in total. The van der Waals surface area contributed by atoms with Crippen LogP contribution in [0.5, 0.6) is 0 Å². The number of fused-ring (bicyclic) bond motifs is 1. The second kappa shape index (κ2) is 5.20. The zero-order valence-electron chi connectivity index (χ0n) is 10.5. The molecule has 0 saturated heterocycles. The van der Waals surface area contributed by atoms with Crippen LogP contribution in [0.2, 0.25) is 0 Å². The smallest absolute Gasteiger partial charge is 0.213 e. The molecule has 1 N–H and O–H groups in total. The number of hydrogen-bond acceptors (Lipinski definition) is 5. The first-order chi connectivity index (χ1) is 8.83. The topological polar surface area (TPSA) is 51.0 Å². The Bertz CT molecular complexity index is 483. The summed E-state index contributed by atoms with van der Waals surface area (Å²) in [6, 6.07) is 2.71. The van der Waals surface area contributed by atoms with E-state index in [0.29, 0.717) is 18.4 Å². The molecule has 18 heavy (non-hydrogen) atoms. The van der Waals surface area contributed by atoms with Gasteiger partial charge in [0.25, 0.3) is 0 Å². The molecular weight excluding hydrogens is 246 g/mol. The number of nitrogens with zero attached hydrogens (tertiary/aromatic N) is 2. The lowest BCUT2D eigenvalue weighted by Gasteiger charge is -2.09. The quantitative estimate of drug-likeness (QED) is 0.921. The molecule has 0 spiro atoms. The fourth-order valence-electron chi connectivity index (χ4n) is 2.34. The van der Waals surface area contributed by atoms with Crippen LogP contribution in [0.4, 0.5) is 0 Å². The van der Waals surface area contributed by atoms with Crippen molar-refractivity contribution < 1.29 is 4.52 Å². The van der Waals surface area contributed by atoms with Crippen LogP contribution in [0.15, 0.2) is 17.0 Å². The normalized spacial score (nSPS) is 16.5. The Morgan fingerprint density at radius 1 is 1.44 bits per heavy atom. The van der Waals surface area contributed by atoms with Crippen molar-refractivity contribution >= 4 is 11.3 Å². The Labute approximate surface area is 110 Å². The average Bonchev–Trinajstić information content (AvgIpc) is 3.04. The van der Waals surface area contributed by atoms with Crippen molar-refractivity contribution in [3.05, 3.63) is 33.6 Å². The van der Waals surface area contributed by atoms with E-state index in [0.717, 1.165) is 0 Å². The molecule has 0 radical (unpaired) electrons. The van der Waals surface area contributed by atoms with E-state index in [1.165, 1.54) is 37.0 Å². The third kappa shape index (κ3) is 2.47. The molecule has 2 heterocycles. The molecule has 1 atom stereocenters. The number of nitrogens with one attached hydrogen (secondary N) is 1. The maximum atomic E-state index is 4.72. The molecule has 0 saturated carbocycles. The SMILES string of the molecule is CC(NCc1ncon1)c1cc2c(s1)CCCC2. The van der Waals surface area contributed by atoms with E-state index in [-0.39, 0.29) is 0 Å². The van der Waals surface area contributed by atoms with Crippen molar-refractivity contribution in [1.82, 2.24) is 15.5 Å². The summed E-state index contributed by atoms with van der Waals surface area (Å²) in [4.78, 5) is 7.02. The zero-order valence-corrected chi connectivity index (χ0v) is 11.3. The van der Waals surface area contributed by atoms with E-state index in [1.807, 2.05) is 11.3 Å². The molecule has 1 aliphatic rings. The van der Waals surface area contributed by atoms with Crippen LogP contribution in [0.25, 0.3) is 0 Å². The Balaban J connectivity index is 1.64. The van der Waals surface area contributed by atoms with Gasteiger partial charge < -0.3 is 9.84 Å². The maximum Gasteiger partial charge on any atom is 0.213 e. The van der Waals surface area contributed by atoms with Crippen LogP contribution in [0.1, 0.15) is 46.9 Å². The first-order valence-corrected chi connectivity index (χ1v) is 7.24. The Morgan fingerprint density at radius 3 is 3.11 bits per heavy atom. The van der Waals surface area contributed by atoms with Gasteiger partial charge in [0.15, 0.2) is 5.82 Å². The van der Waals surface area contributed by atoms with E-state index in [2.05, 4.69) is 28.4 Å². The lowest BCUT2D eigenvalue weighted by Crippen LogP contribution is -2.17. The van der Waals surface area contributed by atoms with Gasteiger partial charge >= 0.3 is 0 Å². The summed E-state index contributed by atoms with van der Waals surface area (Å²) in [7, 11) is 0. The molecule has 2 aromatic heterocycles. The van der Waals surface area contributed by atoms with Crippen molar-refractivity contribution in [2.45, 2.75) is 45.2 Å². The zero-order chi connectivity index (χ0) is 12.4. The standard InChI is InChI=1S/C13H17N3OS/c1-9(14-7-13-15-8-17-16-13)12-6-10-4-2-3-5-11(10)18-12/h6,8-9,14H,2-5,7H2,1H3. The van der Waals surface area contributed by atoms with Crippen LogP contribution >= 0.6 is 11.3 Å².